The molecule has 0 bridgehead atoms. The van der Waals surface area contributed by atoms with Crippen molar-refractivity contribution in [3.05, 3.63) is 95.3 Å². The number of carboxylic acid groups (broad SMARTS) is 1. The number of rotatable bonds is 7. The van der Waals surface area contributed by atoms with Gasteiger partial charge >= 0.3 is 5.97 Å². The number of pyridine rings is 1. The molecular weight excluding hydrogens is 458 g/mol. The molecule has 7 heteroatoms. The second-order valence-corrected chi connectivity index (χ2v) is 8.94. The van der Waals surface area contributed by atoms with Crippen molar-refractivity contribution in [2.45, 2.75) is 38.3 Å². The van der Waals surface area contributed by atoms with E-state index in [0.717, 1.165) is 22.1 Å². The van der Waals surface area contributed by atoms with Crippen LogP contribution in [0.4, 0.5) is 0 Å². The first-order valence-corrected chi connectivity index (χ1v) is 11.9. The minimum atomic E-state index is -1.11. The van der Waals surface area contributed by atoms with Gasteiger partial charge in [-0.1, -0.05) is 30.3 Å². The fourth-order valence-corrected chi connectivity index (χ4v) is 4.77. The lowest BCUT2D eigenvalue weighted by Gasteiger charge is -2.27. The summed E-state index contributed by atoms with van der Waals surface area (Å²) < 4.78 is 11.9. The second kappa shape index (κ2) is 10.5. The second-order valence-electron chi connectivity index (χ2n) is 8.94. The number of aromatic nitrogens is 1. The van der Waals surface area contributed by atoms with Crippen LogP contribution < -0.4 is 4.74 Å². The summed E-state index contributed by atoms with van der Waals surface area (Å²) in [5.41, 5.74) is 3.75. The molecule has 36 heavy (non-hydrogen) atoms. The van der Waals surface area contributed by atoms with E-state index in [1.165, 1.54) is 0 Å². The Morgan fingerprint density at radius 2 is 2.00 bits per heavy atom. The van der Waals surface area contributed by atoms with E-state index in [-0.39, 0.29) is 17.8 Å². The average molecular weight is 486 g/mol. The van der Waals surface area contributed by atoms with Crippen molar-refractivity contribution < 1.29 is 29.6 Å². The maximum atomic E-state index is 12.0. The van der Waals surface area contributed by atoms with Gasteiger partial charge in [-0.15, -0.1) is 0 Å². The van der Waals surface area contributed by atoms with Gasteiger partial charge in [-0.3, -0.25) is 4.98 Å². The standard InChI is InChI=1S/C29H27NO6/c31-16-26-25(29(33)34)13-21-12-23(6-7-24(21)28(26)20-5-2-9-30-15-20)36-17-18-3-1-4-19(11-18)27-14-22(32)8-10-35-27/h1-7,9,11-13,15,22,27,31-32H,8,10,14,16-17H2,(H,33,34). The van der Waals surface area contributed by atoms with Gasteiger partial charge in [0.2, 0.25) is 0 Å². The Labute approximate surface area is 208 Å². The molecule has 0 saturated carbocycles. The Morgan fingerprint density at radius 1 is 1.11 bits per heavy atom. The number of hydrogen-bond donors (Lipinski definition) is 3. The Kier molecular flexibility index (Phi) is 6.95. The van der Waals surface area contributed by atoms with Crippen LogP contribution in [-0.4, -0.2) is 39.0 Å². The first kappa shape index (κ1) is 23.9. The molecular formula is C29H27NO6. The van der Waals surface area contributed by atoms with Crippen LogP contribution in [0.1, 0.15) is 46.0 Å². The van der Waals surface area contributed by atoms with E-state index in [4.69, 9.17) is 9.47 Å². The summed E-state index contributed by atoms with van der Waals surface area (Å²) in [6.45, 7) is 0.462. The Balaban J connectivity index is 1.45. The molecule has 0 radical (unpaired) electrons. The number of carbonyl (C=O) groups is 1. The molecule has 3 aromatic carbocycles. The molecule has 1 aromatic heterocycles. The maximum Gasteiger partial charge on any atom is 0.336 e. The fraction of sp³-hybridized carbons (Fsp3) is 0.241. The number of hydrogen-bond acceptors (Lipinski definition) is 6. The molecule has 0 spiro atoms. The zero-order valence-corrected chi connectivity index (χ0v) is 19.6. The lowest BCUT2D eigenvalue weighted by molar-refractivity contribution is -0.0448. The number of carboxylic acids is 1. The smallest absolute Gasteiger partial charge is 0.336 e. The lowest BCUT2D eigenvalue weighted by Crippen LogP contribution is -2.23. The number of aliphatic hydroxyl groups excluding tert-OH is 2. The molecule has 4 aromatic rings. The number of aromatic carboxylic acids is 1. The van der Waals surface area contributed by atoms with Gasteiger partial charge < -0.3 is 24.8 Å². The van der Waals surface area contributed by atoms with Gasteiger partial charge in [-0.2, -0.15) is 0 Å². The van der Waals surface area contributed by atoms with E-state index in [1.807, 2.05) is 48.5 Å². The van der Waals surface area contributed by atoms with Gasteiger partial charge in [0.1, 0.15) is 12.4 Å². The molecule has 3 N–H and O–H groups in total. The number of fused-ring (bicyclic) bond motifs is 1. The molecule has 2 heterocycles. The normalized spacial score (nSPS) is 17.7. The van der Waals surface area contributed by atoms with Crippen molar-refractivity contribution in [1.82, 2.24) is 4.98 Å². The van der Waals surface area contributed by atoms with Crippen LogP contribution in [0.15, 0.2) is 73.1 Å². The molecule has 1 fully saturated rings. The summed E-state index contributed by atoms with van der Waals surface area (Å²) in [5, 5.41) is 31.3. The lowest BCUT2D eigenvalue weighted by atomic mass is 9.90. The third kappa shape index (κ3) is 4.95. The minimum Gasteiger partial charge on any atom is -0.489 e. The van der Waals surface area contributed by atoms with Crippen molar-refractivity contribution in [3.63, 3.8) is 0 Å². The van der Waals surface area contributed by atoms with Crippen molar-refractivity contribution in [1.29, 1.82) is 0 Å². The SMILES string of the molecule is O=C(O)c1cc2cc(OCc3cccc(C4CC(O)CCO4)c3)ccc2c(-c2cccnc2)c1CO. The van der Waals surface area contributed by atoms with Crippen molar-refractivity contribution in [2.24, 2.45) is 0 Å². The van der Waals surface area contributed by atoms with Gasteiger partial charge in [0.25, 0.3) is 0 Å². The largest absolute Gasteiger partial charge is 0.489 e. The first-order chi connectivity index (χ1) is 17.5. The first-order valence-electron chi connectivity index (χ1n) is 11.9. The predicted molar refractivity (Wildman–Crippen MR) is 135 cm³/mol. The summed E-state index contributed by atoms with van der Waals surface area (Å²) in [7, 11) is 0. The molecule has 184 valence electrons. The van der Waals surface area contributed by atoms with Crippen LogP contribution in [0.25, 0.3) is 21.9 Å². The van der Waals surface area contributed by atoms with Crippen molar-refractivity contribution >= 4 is 16.7 Å². The van der Waals surface area contributed by atoms with E-state index in [0.29, 0.717) is 48.3 Å². The van der Waals surface area contributed by atoms with Gasteiger partial charge in [-0.05, 0) is 64.2 Å². The van der Waals surface area contributed by atoms with Crippen molar-refractivity contribution in [3.8, 4) is 16.9 Å². The fourth-order valence-electron chi connectivity index (χ4n) is 4.77. The quantitative estimate of drug-likeness (QED) is 0.342. The molecule has 2 atom stereocenters. The van der Waals surface area contributed by atoms with Crippen LogP contribution in [0.3, 0.4) is 0 Å². The van der Waals surface area contributed by atoms with Crippen LogP contribution in [0.2, 0.25) is 0 Å². The molecule has 1 saturated heterocycles. The van der Waals surface area contributed by atoms with Crippen LogP contribution in [0, 0.1) is 0 Å². The highest BCUT2D eigenvalue weighted by molar-refractivity contribution is 6.05. The third-order valence-electron chi connectivity index (χ3n) is 6.54. The molecule has 5 rings (SSSR count). The average Bonchev–Trinajstić information content (AvgIpc) is 2.91. The zero-order valence-electron chi connectivity index (χ0n) is 19.6. The summed E-state index contributed by atoms with van der Waals surface area (Å²) >= 11 is 0. The number of aliphatic hydroxyl groups is 2. The summed E-state index contributed by atoms with van der Waals surface area (Å²) in [5.74, 6) is -0.508. The number of benzene rings is 3. The van der Waals surface area contributed by atoms with Crippen LogP contribution >= 0.6 is 0 Å². The summed E-state index contributed by atoms with van der Waals surface area (Å²) in [4.78, 5) is 16.2. The van der Waals surface area contributed by atoms with Crippen LogP contribution in [0.5, 0.6) is 5.75 Å². The van der Waals surface area contributed by atoms with E-state index in [9.17, 15) is 20.1 Å². The highest BCUT2D eigenvalue weighted by Crippen LogP contribution is 2.36. The van der Waals surface area contributed by atoms with Gasteiger partial charge in [-0.25, -0.2) is 4.79 Å². The molecule has 1 aliphatic heterocycles. The topological polar surface area (TPSA) is 109 Å². The highest BCUT2D eigenvalue weighted by Gasteiger charge is 2.22. The number of ether oxygens (including phenoxy) is 2. The van der Waals surface area contributed by atoms with Crippen LogP contribution in [-0.2, 0) is 18.0 Å². The Hall–Kier alpha value is -3.78. The minimum absolute atomic E-state index is 0.0448. The van der Waals surface area contributed by atoms with E-state index >= 15 is 0 Å². The summed E-state index contributed by atoms with van der Waals surface area (Å²) in [6.07, 6.45) is 4.07. The zero-order chi connectivity index (χ0) is 25.1. The molecule has 2 unspecified atom stereocenters. The maximum absolute atomic E-state index is 12.0. The van der Waals surface area contributed by atoms with E-state index in [1.54, 1.807) is 24.5 Å². The Morgan fingerprint density at radius 3 is 2.75 bits per heavy atom. The highest BCUT2D eigenvalue weighted by atomic mass is 16.5. The van der Waals surface area contributed by atoms with Crippen molar-refractivity contribution in [2.75, 3.05) is 6.61 Å². The monoisotopic (exact) mass is 485 g/mol. The molecule has 0 amide bonds. The Bertz CT molecular complexity index is 1390. The van der Waals surface area contributed by atoms with Gasteiger partial charge in [0.15, 0.2) is 0 Å². The van der Waals surface area contributed by atoms with E-state index in [2.05, 4.69) is 4.98 Å². The van der Waals surface area contributed by atoms with Gasteiger partial charge in [0, 0.05) is 36.5 Å². The third-order valence-corrected chi connectivity index (χ3v) is 6.54. The molecule has 0 aliphatic carbocycles. The van der Waals surface area contributed by atoms with Gasteiger partial charge in [0.05, 0.1) is 24.4 Å². The molecule has 1 aliphatic rings. The predicted octanol–water partition coefficient (Wildman–Crippen LogP) is 4.88. The molecule has 7 nitrogen and oxygen atoms in total. The number of nitrogens with zero attached hydrogens (tertiary/aromatic N) is 1. The van der Waals surface area contributed by atoms with E-state index < -0.39 is 12.6 Å². The summed E-state index contributed by atoms with van der Waals surface area (Å²) in [6, 6.07) is 18.7.